The van der Waals surface area contributed by atoms with E-state index in [-0.39, 0.29) is 0 Å². The van der Waals surface area contributed by atoms with Crippen LogP contribution < -0.4 is 10.6 Å². The molecule has 0 saturated heterocycles. The minimum absolute atomic E-state index is 0.499. The molecule has 5 heteroatoms. The second kappa shape index (κ2) is 4.76. The van der Waals surface area contributed by atoms with Gasteiger partial charge in [0.15, 0.2) is 16.5 Å². The van der Waals surface area contributed by atoms with Gasteiger partial charge in [-0.3, -0.25) is 0 Å². The van der Waals surface area contributed by atoms with Crippen LogP contribution in [-0.2, 0) is 0 Å². The topological polar surface area (TPSA) is 50.1 Å². The Morgan fingerprint density at radius 1 is 1.50 bits per heavy atom. The monoisotopic (exact) mass is 233 g/mol. The molecule has 0 bridgehead atoms. The zero-order chi connectivity index (χ0) is 11.4. The van der Waals surface area contributed by atoms with Crippen molar-refractivity contribution < 1.29 is 4.52 Å². The van der Waals surface area contributed by atoms with Crippen LogP contribution in [0.5, 0.6) is 0 Å². The van der Waals surface area contributed by atoms with E-state index in [1.165, 1.54) is 0 Å². The number of nitrogens with zero attached hydrogens (tertiary/aromatic N) is 1. The molecule has 0 unspecified atom stereocenters. The van der Waals surface area contributed by atoms with Gasteiger partial charge in [-0.2, -0.15) is 0 Å². The average Bonchev–Trinajstić information content (AvgIpc) is 2.70. The first-order valence-corrected chi connectivity index (χ1v) is 5.22. The molecule has 0 aliphatic rings. The maximum atomic E-state index is 5.13. The van der Waals surface area contributed by atoms with E-state index in [2.05, 4.69) is 22.4 Å². The summed E-state index contributed by atoms with van der Waals surface area (Å²) in [7, 11) is 0. The highest BCUT2D eigenvalue weighted by Crippen LogP contribution is 2.21. The lowest BCUT2D eigenvalue weighted by molar-refractivity contribution is 0.460. The lowest BCUT2D eigenvalue weighted by atomic mass is 10.2. The lowest BCUT2D eigenvalue weighted by Gasteiger charge is -2.05. The maximum Gasteiger partial charge on any atom is 0.183 e. The molecule has 82 valence electrons. The summed E-state index contributed by atoms with van der Waals surface area (Å²) >= 11 is 5.08. The van der Waals surface area contributed by atoms with Crippen LogP contribution in [0.1, 0.15) is 0 Å². The van der Waals surface area contributed by atoms with E-state index < -0.39 is 0 Å². The molecule has 1 aromatic carbocycles. The molecule has 0 aliphatic carbocycles. The second-order valence-corrected chi connectivity index (χ2v) is 3.56. The number of anilines is 1. The number of para-hydroxylation sites is 1. The number of hydrogen-bond acceptors (Lipinski definition) is 3. The molecule has 4 nitrogen and oxygen atoms in total. The van der Waals surface area contributed by atoms with E-state index in [0.717, 1.165) is 11.0 Å². The maximum absolute atomic E-state index is 5.13. The second-order valence-electron chi connectivity index (χ2n) is 3.15. The van der Waals surface area contributed by atoms with Crippen LogP contribution >= 0.6 is 12.2 Å². The highest BCUT2D eigenvalue weighted by atomic mass is 32.1. The fourth-order valence-corrected chi connectivity index (χ4v) is 1.47. The molecule has 1 heterocycles. The van der Waals surface area contributed by atoms with Gasteiger partial charge in [-0.25, -0.2) is 0 Å². The molecule has 0 spiro atoms. The van der Waals surface area contributed by atoms with E-state index in [1.54, 1.807) is 6.08 Å². The van der Waals surface area contributed by atoms with Crippen LogP contribution in [-0.4, -0.2) is 16.8 Å². The summed E-state index contributed by atoms with van der Waals surface area (Å²) in [4.78, 5) is 0. The van der Waals surface area contributed by atoms with Crippen molar-refractivity contribution in [3.8, 4) is 0 Å². The molecule has 2 N–H and O–H groups in total. The molecule has 0 radical (unpaired) electrons. The Morgan fingerprint density at radius 3 is 3.12 bits per heavy atom. The number of nitrogens with one attached hydrogen (secondary N) is 2. The van der Waals surface area contributed by atoms with Gasteiger partial charge in [0, 0.05) is 6.54 Å². The summed E-state index contributed by atoms with van der Waals surface area (Å²) in [6.45, 7) is 4.21. The predicted molar refractivity (Wildman–Crippen MR) is 68.4 cm³/mol. The van der Waals surface area contributed by atoms with Crippen molar-refractivity contribution in [2.75, 3.05) is 11.9 Å². The van der Waals surface area contributed by atoms with E-state index in [0.29, 0.717) is 17.5 Å². The normalized spacial score (nSPS) is 10.0. The predicted octanol–water partition coefficient (Wildman–Crippen LogP) is 2.30. The van der Waals surface area contributed by atoms with Gasteiger partial charge in [0.2, 0.25) is 0 Å². The van der Waals surface area contributed by atoms with Crippen molar-refractivity contribution in [3.05, 3.63) is 36.9 Å². The number of hydrogen-bond donors (Lipinski definition) is 2. The molecule has 0 aliphatic heterocycles. The Kier molecular flexibility index (Phi) is 3.16. The fraction of sp³-hybridized carbons (Fsp3) is 0.0909. The number of benzene rings is 1. The standard InChI is InChI=1S/C11H11N3OS/c1-2-7-12-11(16)13-10-8-5-3-4-6-9(8)15-14-10/h2-6H,1,7H2,(H2,12,13,14,16). The van der Waals surface area contributed by atoms with E-state index in [9.17, 15) is 0 Å². The van der Waals surface area contributed by atoms with Gasteiger partial charge >= 0.3 is 0 Å². The Labute approximate surface area is 98.3 Å². The van der Waals surface area contributed by atoms with Crippen LogP contribution in [0, 0.1) is 0 Å². The summed E-state index contributed by atoms with van der Waals surface area (Å²) in [5.74, 6) is 0.622. The highest BCUT2D eigenvalue weighted by molar-refractivity contribution is 7.80. The smallest absolute Gasteiger partial charge is 0.183 e. The van der Waals surface area contributed by atoms with Crippen LogP contribution in [0.3, 0.4) is 0 Å². The Hall–Kier alpha value is -1.88. The summed E-state index contributed by atoms with van der Waals surface area (Å²) in [6, 6.07) is 7.59. The van der Waals surface area contributed by atoms with Crippen molar-refractivity contribution >= 4 is 34.1 Å². The molecule has 0 amide bonds. The fourth-order valence-electron chi connectivity index (χ4n) is 1.29. The first kappa shape index (κ1) is 10.6. The summed E-state index contributed by atoms with van der Waals surface area (Å²) in [5, 5.41) is 11.2. The molecule has 2 aromatic rings. The zero-order valence-electron chi connectivity index (χ0n) is 8.56. The highest BCUT2D eigenvalue weighted by Gasteiger charge is 2.07. The van der Waals surface area contributed by atoms with Crippen LogP contribution in [0.4, 0.5) is 5.82 Å². The Bertz CT molecular complexity index is 521. The summed E-state index contributed by atoms with van der Waals surface area (Å²) in [5.41, 5.74) is 0.733. The summed E-state index contributed by atoms with van der Waals surface area (Å²) < 4.78 is 5.13. The third-order valence-electron chi connectivity index (χ3n) is 2.02. The van der Waals surface area contributed by atoms with Gasteiger partial charge in [0.1, 0.15) is 0 Å². The molecule has 2 rings (SSSR count). The first-order valence-electron chi connectivity index (χ1n) is 4.81. The Balaban J connectivity index is 2.15. The van der Waals surface area contributed by atoms with E-state index >= 15 is 0 Å². The molecular formula is C11H11N3OS. The van der Waals surface area contributed by atoms with Crippen molar-refractivity contribution in [3.63, 3.8) is 0 Å². The van der Waals surface area contributed by atoms with Crippen molar-refractivity contribution in [2.45, 2.75) is 0 Å². The van der Waals surface area contributed by atoms with Gasteiger partial charge < -0.3 is 15.2 Å². The minimum Gasteiger partial charge on any atom is -0.359 e. The molecule has 0 fully saturated rings. The molecular weight excluding hydrogens is 222 g/mol. The van der Waals surface area contributed by atoms with Crippen LogP contribution in [0.25, 0.3) is 11.0 Å². The number of fused-ring (bicyclic) bond motifs is 1. The minimum atomic E-state index is 0.499. The summed E-state index contributed by atoms with van der Waals surface area (Å²) in [6.07, 6.45) is 1.73. The molecule has 0 saturated carbocycles. The van der Waals surface area contributed by atoms with Crippen molar-refractivity contribution in [1.29, 1.82) is 0 Å². The van der Waals surface area contributed by atoms with E-state index in [1.807, 2.05) is 24.3 Å². The molecule has 16 heavy (non-hydrogen) atoms. The van der Waals surface area contributed by atoms with Gasteiger partial charge in [0.05, 0.1) is 5.39 Å². The zero-order valence-corrected chi connectivity index (χ0v) is 9.38. The number of aromatic nitrogens is 1. The third-order valence-corrected chi connectivity index (χ3v) is 2.26. The van der Waals surface area contributed by atoms with Crippen LogP contribution in [0.2, 0.25) is 0 Å². The van der Waals surface area contributed by atoms with Crippen molar-refractivity contribution in [1.82, 2.24) is 10.5 Å². The lowest BCUT2D eigenvalue weighted by Crippen LogP contribution is -2.28. The molecule has 0 atom stereocenters. The number of thiocarbonyl (C=S) groups is 1. The molecule has 1 aromatic heterocycles. The van der Waals surface area contributed by atoms with Gasteiger partial charge in [-0.05, 0) is 24.4 Å². The third kappa shape index (κ3) is 2.20. The van der Waals surface area contributed by atoms with Gasteiger partial charge in [-0.1, -0.05) is 23.4 Å². The van der Waals surface area contributed by atoms with Gasteiger partial charge in [0.25, 0.3) is 0 Å². The van der Waals surface area contributed by atoms with Crippen molar-refractivity contribution in [2.24, 2.45) is 0 Å². The van der Waals surface area contributed by atoms with Crippen LogP contribution in [0.15, 0.2) is 41.4 Å². The first-order chi connectivity index (χ1) is 7.81. The number of rotatable bonds is 3. The largest absolute Gasteiger partial charge is 0.359 e. The Morgan fingerprint density at radius 2 is 2.31 bits per heavy atom. The van der Waals surface area contributed by atoms with Gasteiger partial charge in [-0.15, -0.1) is 6.58 Å². The average molecular weight is 233 g/mol. The quantitative estimate of drug-likeness (QED) is 0.629. The van der Waals surface area contributed by atoms with E-state index in [4.69, 9.17) is 16.7 Å². The SMILES string of the molecule is C=CCNC(=S)Nc1noc2ccccc12.